The molecule has 0 bridgehead atoms. The Balaban J connectivity index is 2.37. The molecule has 0 heterocycles. The Kier molecular flexibility index (Phi) is 2.95. The van der Waals surface area contributed by atoms with Crippen LogP contribution in [0, 0.1) is 0 Å². The van der Waals surface area contributed by atoms with Gasteiger partial charge in [-0.25, -0.2) is 0 Å². The summed E-state index contributed by atoms with van der Waals surface area (Å²) in [5, 5.41) is 8.77. The van der Waals surface area contributed by atoms with Gasteiger partial charge in [-0.2, -0.15) is 0 Å². The minimum absolute atomic E-state index is 0.123. The minimum atomic E-state index is -0.774. The Hall–Kier alpha value is -1.77. The molecule has 0 atom stereocenters. The molecule has 1 aromatic rings. The number of carboxylic acid groups (broad SMARTS) is 1. The lowest BCUT2D eigenvalue weighted by molar-refractivity contribution is -0.136. The molecule has 0 saturated carbocycles. The van der Waals surface area contributed by atoms with Gasteiger partial charge < -0.3 is 9.84 Å². The van der Waals surface area contributed by atoms with E-state index in [-0.39, 0.29) is 6.42 Å². The Labute approximate surface area is 94.4 Å². The molecule has 1 aromatic carbocycles. The van der Waals surface area contributed by atoms with E-state index >= 15 is 0 Å². The van der Waals surface area contributed by atoms with Gasteiger partial charge in [-0.3, -0.25) is 4.79 Å². The number of benzene rings is 1. The van der Waals surface area contributed by atoms with Crippen LogP contribution in [-0.4, -0.2) is 18.2 Å². The molecule has 0 aliphatic heterocycles. The van der Waals surface area contributed by atoms with Crippen LogP contribution in [0.4, 0.5) is 0 Å². The smallest absolute Gasteiger partial charge is 0.307 e. The number of carbonyl (C=O) groups is 1. The van der Waals surface area contributed by atoms with Crippen molar-refractivity contribution in [1.29, 1.82) is 0 Å². The van der Waals surface area contributed by atoms with Gasteiger partial charge in [0.2, 0.25) is 0 Å². The predicted octanol–water partition coefficient (Wildman–Crippen LogP) is 2.50. The number of ether oxygens (including phenoxy) is 1. The van der Waals surface area contributed by atoms with Crippen molar-refractivity contribution in [3.8, 4) is 5.75 Å². The number of rotatable bonds is 3. The summed E-state index contributed by atoms with van der Waals surface area (Å²) in [5.74, 6) is 0.0460. The fourth-order valence-electron chi connectivity index (χ4n) is 2.05. The molecule has 0 fully saturated rings. The summed E-state index contributed by atoms with van der Waals surface area (Å²) in [6, 6.07) is 5.93. The maximum Gasteiger partial charge on any atom is 0.307 e. The van der Waals surface area contributed by atoms with Gasteiger partial charge in [-0.1, -0.05) is 23.8 Å². The second-order valence-electron chi connectivity index (χ2n) is 3.91. The van der Waals surface area contributed by atoms with Gasteiger partial charge >= 0.3 is 5.97 Å². The summed E-state index contributed by atoms with van der Waals surface area (Å²) in [5.41, 5.74) is 3.23. The molecule has 0 radical (unpaired) electrons. The lowest BCUT2D eigenvalue weighted by Gasteiger charge is -2.17. The fraction of sp³-hybridized carbons (Fsp3) is 0.308. The van der Waals surface area contributed by atoms with E-state index in [1.807, 2.05) is 18.2 Å². The summed E-state index contributed by atoms with van der Waals surface area (Å²) in [7, 11) is 1.63. The molecule has 16 heavy (non-hydrogen) atoms. The first-order valence-electron chi connectivity index (χ1n) is 5.28. The van der Waals surface area contributed by atoms with Crippen LogP contribution >= 0.6 is 0 Å². The third kappa shape index (κ3) is 2.08. The first kappa shape index (κ1) is 10.7. The van der Waals surface area contributed by atoms with Crippen LogP contribution in [0.5, 0.6) is 5.75 Å². The standard InChI is InChI=1S/C13H14O3/c1-16-12-4-2-3-10-6-5-9(7-11(10)12)8-13(14)15/h2-4,7H,5-6,8H2,1H3,(H,14,15). The third-order valence-corrected chi connectivity index (χ3v) is 2.82. The molecule has 3 nitrogen and oxygen atoms in total. The third-order valence-electron chi connectivity index (χ3n) is 2.82. The van der Waals surface area contributed by atoms with E-state index in [0.717, 1.165) is 29.7 Å². The first-order valence-corrected chi connectivity index (χ1v) is 5.28. The number of fused-ring (bicyclic) bond motifs is 1. The van der Waals surface area contributed by atoms with Crippen molar-refractivity contribution in [2.75, 3.05) is 7.11 Å². The molecule has 1 aliphatic rings. The molecule has 0 unspecified atom stereocenters. The van der Waals surface area contributed by atoms with Crippen molar-refractivity contribution in [3.63, 3.8) is 0 Å². The number of hydrogen-bond donors (Lipinski definition) is 1. The van der Waals surface area contributed by atoms with Crippen LogP contribution in [0.1, 0.15) is 24.0 Å². The zero-order chi connectivity index (χ0) is 11.5. The van der Waals surface area contributed by atoms with Crippen molar-refractivity contribution in [3.05, 3.63) is 34.9 Å². The SMILES string of the molecule is COc1cccc2c1C=C(CC(=O)O)CC2. The average Bonchev–Trinajstić information content (AvgIpc) is 2.27. The highest BCUT2D eigenvalue weighted by molar-refractivity contribution is 5.75. The van der Waals surface area contributed by atoms with Crippen molar-refractivity contribution in [2.24, 2.45) is 0 Å². The van der Waals surface area contributed by atoms with Crippen LogP contribution in [0.3, 0.4) is 0 Å². The summed E-state index contributed by atoms with van der Waals surface area (Å²) in [6.07, 6.45) is 3.79. The average molecular weight is 218 g/mol. The normalized spacial score (nSPS) is 13.9. The minimum Gasteiger partial charge on any atom is -0.496 e. The Morgan fingerprint density at radius 1 is 1.44 bits per heavy atom. The van der Waals surface area contributed by atoms with E-state index in [1.54, 1.807) is 7.11 Å². The van der Waals surface area contributed by atoms with Gasteiger partial charge in [0.25, 0.3) is 0 Å². The maximum atomic E-state index is 10.7. The van der Waals surface area contributed by atoms with Crippen molar-refractivity contribution >= 4 is 12.0 Å². The van der Waals surface area contributed by atoms with Gasteiger partial charge in [-0.05, 0) is 24.5 Å². The number of carboxylic acids is 1. The van der Waals surface area contributed by atoms with Gasteiger partial charge in [-0.15, -0.1) is 0 Å². The van der Waals surface area contributed by atoms with Crippen LogP contribution in [-0.2, 0) is 11.2 Å². The van der Waals surface area contributed by atoms with Gasteiger partial charge in [0, 0.05) is 5.56 Å². The maximum absolute atomic E-state index is 10.7. The number of aryl methyl sites for hydroxylation is 1. The number of hydrogen-bond acceptors (Lipinski definition) is 2. The van der Waals surface area contributed by atoms with E-state index in [2.05, 4.69) is 6.07 Å². The van der Waals surface area contributed by atoms with Crippen LogP contribution in [0.15, 0.2) is 23.8 Å². The lowest BCUT2D eigenvalue weighted by atomic mass is 9.90. The van der Waals surface area contributed by atoms with Crippen LogP contribution in [0.25, 0.3) is 6.08 Å². The number of methoxy groups -OCH3 is 1. The van der Waals surface area contributed by atoms with Crippen LogP contribution in [0.2, 0.25) is 0 Å². The van der Waals surface area contributed by atoms with E-state index in [4.69, 9.17) is 9.84 Å². The predicted molar refractivity (Wildman–Crippen MR) is 61.5 cm³/mol. The van der Waals surface area contributed by atoms with Crippen molar-refractivity contribution in [2.45, 2.75) is 19.3 Å². The topological polar surface area (TPSA) is 46.5 Å². The van der Waals surface area contributed by atoms with Crippen LogP contribution < -0.4 is 4.74 Å². The fourth-order valence-corrected chi connectivity index (χ4v) is 2.05. The molecule has 1 N–H and O–H groups in total. The molecule has 0 amide bonds. The molecule has 3 heteroatoms. The summed E-state index contributed by atoms with van der Waals surface area (Å²) >= 11 is 0. The molecule has 0 aromatic heterocycles. The highest BCUT2D eigenvalue weighted by Gasteiger charge is 2.15. The highest BCUT2D eigenvalue weighted by atomic mass is 16.5. The molecule has 1 aliphatic carbocycles. The zero-order valence-corrected chi connectivity index (χ0v) is 9.19. The quantitative estimate of drug-likeness (QED) is 0.847. The summed E-state index contributed by atoms with van der Waals surface area (Å²) in [6.45, 7) is 0. The largest absolute Gasteiger partial charge is 0.496 e. The van der Waals surface area contributed by atoms with Gasteiger partial charge in [0.1, 0.15) is 5.75 Å². The molecular formula is C13H14O3. The molecule has 2 rings (SSSR count). The van der Waals surface area contributed by atoms with Gasteiger partial charge in [0.15, 0.2) is 0 Å². The zero-order valence-electron chi connectivity index (χ0n) is 9.19. The number of aliphatic carboxylic acids is 1. The Morgan fingerprint density at radius 2 is 2.25 bits per heavy atom. The van der Waals surface area contributed by atoms with E-state index in [1.165, 1.54) is 5.56 Å². The van der Waals surface area contributed by atoms with E-state index in [9.17, 15) is 4.79 Å². The van der Waals surface area contributed by atoms with Crippen molar-refractivity contribution < 1.29 is 14.6 Å². The monoisotopic (exact) mass is 218 g/mol. The molecule has 0 spiro atoms. The van der Waals surface area contributed by atoms with E-state index < -0.39 is 5.97 Å². The second kappa shape index (κ2) is 4.39. The van der Waals surface area contributed by atoms with Crippen molar-refractivity contribution in [1.82, 2.24) is 0 Å². The summed E-state index contributed by atoms with van der Waals surface area (Å²) in [4.78, 5) is 10.7. The first-order chi connectivity index (χ1) is 7.70. The Morgan fingerprint density at radius 3 is 2.94 bits per heavy atom. The van der Waals surface area contributed by atoms with E-state index in [0.29, 0.717) is 0 Å². The molecule has 0 saturated heterocycles. The summed E-state index contributed by atoms with van der Waals surface area (Å²) < 4.78 is 5.27. The molecular weight excluding hydrogens is 204 g/mol. The lowest BCUT2D eigenvalue weighted by Crippen LogP contribution is -2.05. The van der Waals surface area contributed by atoms with Gasteiger partial charge in [0.05, 0.1) is 13.5 Å². The Bertz CT molecular complexity index is 446. The molecule has 84 valence electrons. The second-order valence-corrected chi connectivity index (χ2v) is 3.91. The highest BCUT2D eigenvalue weighted by Crippen LogP contribution is 2.32.